The lowest BCUT2D eigenvalue weighted by molar-refractivity contribution is -0.159. The topological polar surface area (TPSA) is 38.8 Å². The van der Waals surface area contributed by atoms with Crippen LogP contribution in [0.1, 0.15) is 19.8 Å². The lowest BCUT2D eigenvalue weighted by atomic mass is 10.1. The fourth-order valence-corrected chi connectivity index (χ4v) is 2.28. The maximum Gasteiger partial charge on any atom is 0.226 e. The second kappa shape index (κ2) is 6.47. The summed E-state index contributed by atoms with van der Waals surface area (Å²) in [6, 6.07) is 0.0461. The molecule has 2 atom stereocenters. The van der Waals surface area contributed by atoms with Crippen LogP contribution in [0, 0.1) is 5.92 Å². The molecule has 5 heteroatoms. The van der Waals surface area contributed by atoms with E-state index in [4.69, 9.17) is 9.47 Å². The smallest absolute Gasteiger partial charge is 0.226 e. The molecule has 16 heavy (non-hydrogen) atoms. The van der Waals surface area contributed by atoms with Gasteiger partial charge in [-0.3, -0.25) is 4.79 Å². The number of thiol groups is 1. The summed E-state index contributed by atoms with van der Waals surface area (Å²) in [5, 5.41) is 0. The Morgan fingerprint density at radius 2 is 2.12 bits per heavy atom. The predicted molar refractivity (Wildman–Crippen MR) is 65.6 cm³/mol. The van der Waals surface area contributed by atoms with Crippen molar-refractivity contribution in [2.45, 2.75) is 32.1 Å². The predicted octanol–water partition coefficient (Wildman–Crippen LogP) is 1.16. The largest absolute Gasteiger partial charge is 0.354 e. The molecule has 1 fully saturated rings. The standard InChI is InChI=1S/C11H21NO3S/c1-8(7-16)10(13)12-6-4-5-9(12)11(14-2)15-3/h8-9,11,16H,4-7H2,1-3H3. The quantitative estimate of drug-likeness (QED) is 0.585. The van der Waals surface area contributed by atoms with Crippen LogP contribution >= 0.6 is 12.6 Å². The lowest BCUT2D eigenvalue weighted by Crippen LogP contribution is -2.46. The number of likely N-dealkylation sites (tertiary alicyclic amines) is 1. The molecule has 0 radical (unpaired) electrons. The maximum absolute atomic E-state index is 12.1. The van der Waals surface area contributed by atoms with Gasteiger partial charge in [0.15, 0.2) is 6.29 Å². The molecule has 4 nitrogen and oxygen atoms in total. The summed E-state index contributed by atoms with van der Waals surface area (Å²) in [4.78, 5) is 14.0. The van der Waals surface area contributed by atoms with Gasteiger partial charge < -0.3 is 14.4 Å². The second-order valence-electron chi connectivity index (χ2n) is 4.16. The Hall–Kier alpha value is -0.260. The number of rotatable bonds is 5. The molecule has 1 rings (SSSR count). The summed E-state index contributed by atoms with van der Waals surface area (Å²) >= 11 is 4.16. The summed E-state index contributed by atoms with van der Waals surface area (Å²) in [6.45, 7) is 2.70. The van der Waals surface area contributed by atoms with Crippen molar-refractivity contribution in [2.24, 2.45) is 5.92 Å². The van der Waals surface area contributed by atoms with Crippen molar-refractivity contribution < 1.29 is 14.3 Å². The number of carbonyl (C=O) groups is 1. The van der Waals surface area contributed by atoms with Crippen molar-refractivity contribution in [3.8, 4) is 0 Å². The first-order valence-corrected chi connectivity index (χ1v) is 6.25. The molecule has 0 bridgehead atoms. The molecule has 0 aromatic rings. The van der Waals surface area contributed by atoms with E-state index < -0.39 is 0 Å². The fourth-order valence-electron chi connectivity index (χ4n) is 2.12. The molecule has 0 aromatic heterocycles. The zero-order chi connectivity index (χ0) is 12.1. The Labute approximate surface area is 103 Å². The Morgan fingerprint density at radius 1 is 1.50 bits per heavy atom. The molecule has 94 valence electrons. The van der Waals surface area contributed by atoms with E-state index in [1.54, 1.807) is 14.2 Å². The minimum Gasteiger partial charge on any atom is -0.354 e. The number of nitrogens with zero attached hydrogens (tertiary/aromatic N) is 1. The summed E-state index contributed by atoms with van der Waals surface area (Å²) in [5.41, 5.74) is 0. The van der Waals surface area contributed by atoms with Gasteiger partial charge in [0.1, 0.15) is 0 Å². The molecule has 2 unspecified atom stereocenters. The molecule has 0 saturated carbocycles. The van der Waals surface area contributed by atoms with Gasteiger partial charge in [0.25, 0.3) is 0 Å². The van der Waals surface area contributed by atoms with Crippen LogP contribution in [0.25, 0.3) is 0 Å². The van der Waals surface area contributed by atoms with Gasteiger partial charge in [0, 0.05) is 32.4 Å². The summed E-state index contributed by atoms with van der Waals surface area (Å²) < 4.78 is 10.5. The summed E-state index contributed by atoms with van der Waals surface area (Å²) in [6.07, 6.45) is 1.63. The van der Waals surface area contributed by atoms with E-state index in [9.17, 15) is 4.79 Å². The number of amides is 1. The van der Waals surface area contributed by atoms with Crippen molar-refractivity contribution in [2.75, 3.05) is 26.5 Å². The van der Waals surface area contributed by atoms with Crippen molar-refractivity contribution in [1.29, 1.82) is 0 Å². The van der Waals surface area contributed by atoms with E-state index in [1.165, 1.54) is 0 Å². The highest BCUT2D eigenvalue weighted by molar-refractivity contribution is 7.80. The molecule has 1 amide bonds. The van der Waals surface area contributed by atoms with Gasteiger partial charge >= 0.3 is 0 Å². The van der Waals surface area contributed by atoms with Crippen molar-refractivity contribution in [3.63, 3.8) is 0 Å². The van der Waals surface area contributed by atoms with Gasteiger partial charge in [-0.15, -0.1) is 0 Å². The second-order valence-corrected chi connectivity index (χ2v) is 4.53. The Morgan fingerprint density at radius 3 is 2.62 bits per heavy atom. The normalized spacial score (nSPS) is 22.8. The first-order chi connectivity index (χ1) is 7.65. The van der Waals surface area contributed by atoms with Crippen LogP contribution in [0.2, 0.25) is 0 Å². The summed E-state index contributed by atoms with van der Waals surface area (Å²) in [5.74, 6) is 0.682. The number of carbonyl (C=O) groups excluding carboxylic acids is 1. The molecule has 1 aliphatic rings. The average molecular weight is 247 g/mol. The van der Waals surface area contributed by atoms with E-state index in [-0.39, 0.29) is 24.2 Å². The highest BCUT2D eigenvalue weighted by Crippen LogP contribution is 2.24. The number of ether oxygens (including phenoxy) is 2. The molecule has 1 heterocycles. The highest BCUT2D eigenvalue weighted by atomic mass is 32.1. The minimum atomic E-state index is -0.321. The first-order valence-electron chi connectivity index (χ1n) is 5.62. The van der Waals surface area contributed by atoms with Crippen molar-refractivity contribution >= 4 is 18.5 Å². The van der Waals surface area contributed by atoms with Crippen molar-refractivity contribution in [3.05, 3.63) is 0 Å². The summed E-state index contributed by atoms with van der Waals surface area (Å²) in [7, 11) is 3.22. The number of methoxy groups -OCH3 is 2. The third-order valence-electron chi connectivity index (χ3n) is 3.06. The molecule has 0 spiro atoms. The SMILES string of the molecule is COC(OC)C1CCCN1C(=O)C(C)CS. The zero-order valence-corrected chi connectivity index (χ0v) is 11.1. The van der Waals surface area contributed by atoms with Crippen LogP contribution in [-0.2, 0) is 14.3 Å². The van der Waals surface area contributed by atoms with Crippen LogP contribution < -0.4 is 0 Å². The highest BCUT2D eigenvalue weighted by Gasteiger charge is 2.36. The molecule has 0 N–H and O–H groups in total. The molecular weight excluding hydrogens is 226 g/mol. The van der Waals surface area contributed by atoms with Crippen LogP contribution in [0.3, 0.4) is 0 Å². The number of hydrogen-bond donors (Lipinski definition) is 1. The van der Waals surface area contributed by atoms with Gasteiger partial charge in [0.05, 0.1) is 6.04 Å². The molecular formula is C11H21NO3S. The van der Waals surface area contributed by atoms with E-state index in [0.29, 0.717) is 5.75 Å². The van der Waals surface area contributed by atoms with Gasteiger partial charge in [0.2, 0.25) is 5.91 Å². The lowest BCUT2D eigenvalue weighted by Gasteiger charge is -2.31. The van der Waals surface area contributed by atoms with E-state index in [2.05, 4.69) is 12.6 Å². The third-order valence-corrected chi connectivity index (χ3v) is 3.60. The van der Waals surface area contributed by atoms with Crippen LogP contribution in [0.4, 0.5) is 0 Å². The van der Waals surface area contributed by atoms with Gasteiger partial charge in [-0.2, -0.15) is 12.6 Å². The van der Waals surface area contributed by atoms with Crippen LogP contribution in [-0.4, -0.2) is 49.7 Å². The maximum atomic E-state index is 12.1. The molecule has 0 aromatic carbocycles. The Kier molecular flexibility index (Phi) is 5.58. The van der Waals surface area contributed by atoms with Crippen LogP contribution in [0.5, 0.6) is 0 Å². The Bertz CT molecular complexity index is 233. The molecule has 1 saturated heterocycles. The number of hydrogen-bond acceptors (Lipinski definition) is 4. The third kappa shape index (κ3) is 2.90. The van der Waals surface area contributed by atoms with E-state index in [0.717, 1.165) is 19.4 Å². The minimum absolute atomic E-state index is 0.0432. The first kappa shape index (κ1) is 13.8. The Balaban J connectivity index is 2.68. The van der Waals surface area contributed by atoms with E-state index in [1.807, 2.05) is 11.8 Å². The van der Waals surface area contributed by atoms with Gasteiger partial charge in [-0.25, -0.2) is 0 Å². The average Bonchev–Trinajstić information content (AvgIpc) is 2.78. The molecule has 0 aliphatic carbocycles. The van der Waals surface area contributed by atoms with Gasteiger partial charge in [-0.05, 0) is 12.8 Å². The zero-order valence-electron chi connectivity index (χ0n) is 10.2. The van der Waals surface area contributed by atoms with Crippen molar-refractivity contribution in [1.82, 2.24) is 4.90 Å². The van der Waals surface area contributed by atoms with E-state index >= 15 is 0 Å². The fraction of sp³-hybridized carbons (Fsp3) is 0.909. The molecule has 1 aliphatic heterocycles. The monoisotopic (exact) mass is 247 g/mol. The van der Waals surface area contributed by atoms with Gasteiger partial charge in [-0.1, -0.05) is 6.92 Å². The van der Waals surface area contributed by atoms with Crippen LogP contribution in [0.15, 0.2) is 0 Å².